The lowest BCUT2D eigenvalue weighted by atomic mass is 9.91. The molecule has 0 heterocycles. The lowest BCUT2D eigenvalue weighted by molar-refractivity contribution is 0.359. The normalized spacial score (nSPS) is 15.3. The highest BCUT2D eigenvalue weighted by molar-refractivity contribution is 4.66. The lowest BCUT2D eigenvalue weighted by Gasteiger charge is -2.17. The Labute approximate surface area is 83.4 Å². The predicted molar refractivity (Wildman–Crippen MR) is 60.7 cm³/mol. The van der Waals surface area contributed by atoms with Crippen LogP contribution in [0.25, 0.3) is 0 Å². The molecule has 0 aromatic rings. The highest BCUT2D eigenvalue weighted by atomic mass is 14.5. The molecule has 0 radical (unpaired) electrons. The van der Waals surface area contributed by atoms with Crippen molar-refractivity contribution >= 4 is 0 Å². The van der Waals surface area contributed by atoms with Gasteiger partial charge in [-0.25, -0.2) is 0 Å². The standard InChI is InChI=1S/C12H25N/c1-4-5-6-7-8-9-11(2)12(3)10-13/h4,11-12H,1,5-10,13H2,2-3H3. The molecule has 0 spiro atoms. The molecule has 1 heteroatoms. The topological polar surface area (TPSA) is 26.0 Å². The average molecular weight is 183 g/mol. The lowest BCUT2D eigenvalue weighted by Crippen LogP contribution is -2.18. The van der Waals surface area contributed by atoms with Crippen LogP contribution in [0.3, 0.4) is 0 Å². The van der Waals surface area contributed by atoms with Crippen molar-refractivity contribution in [2.45, 2.75) is 46.0 Å². The van der Waals surface area contributed by atoms with E-state index in [9.17, 15) is 0 Å². The molecule has 0 aliphatic rings. The van der Waals surface area contributed by atoms with E-state index >= 15 is 0 Å². The van der Waals surface area contributed by atoms with Crippen molar-refractivity contribution in [2.75, 3.05) is 6.54 Å². The summed E-state index contributed by atoms with van der Waals surface area (Å²) in [5, 5.41) is 0. The Balaban J connectivity index is 3.26. The summed E-state index contributed by atoms with van der Waals surface area (Å²) in [4.78, 5) is 0. The zero-order chi connectivity index (χ0) is 10.1. The molecule has 2 N–H and O–H groups in total. The van der Waals surface area contributed by atoms with Gasteiger partial charge in [0.05, 0.1) is 0 Å². The van der Waals surface area contributed by atoms with E-state index in [1.165, 1.54) is 32.1 Å². The van der Waals surface area contributed by atoms with Crippen molar-refractivity contribution in [1.29, 1.82) is 0 Å². The SMILES string of the molecule is C=CCCCCCC(C)C(C)CN. The first-order valence-corrected chi connectivity index (χ1v) is 5.53. The van der Waals surface area contributed by atoms with Crippen molar-refractivity contribution in [3.05, 3.63) is 12.7 Å². The van der Waals surface area contributed by atoms with Crippen LogP contribution in [0.1, 0.15) is 46.0 Å². The molecule has 2 atom stereocenters. The van der Waals surface area contributed by atoms with Gasteiger partial charge in [-0.15, -0.1) is 6.58 Å². The van der Waals surface area contributed by atoms with Gasteiger partial charge in [0.2, 0.25) is 0 Å². The van der Waals surface area contributed by atoms with Gasteiger partial charge in [0.1, 0.15) is 0 Å². The van der Waals surface area contributed by atoms with Crippen molar-refractivity contribution in [3.63, 3.8) is 0 Å². The van der Waals surface area contributed by atoms with Gasteiger partial charge >= 0.3 is 0 Å². The highest BCUT2D eigenvalue weighted by Gasteiger charge is 2.09. The van der Waals surface area contributed by atoms with Gasteiger partial charge < -0.3 is 5.73 Å². The monoisotopic (exact) mass is 183 g/mol. The first-order chi connectivity index (χ1) is 6.22. The summed E-state index contributed by atoms with van der Waals surface area (Å²) < 4.78 is 0. The number of hydrogen-bond donors (Lipinski definition) is 1. The zero-order valence-corrected chi connectivity index (χ0v) is 9.26. The van der Waals surface area contributed by atoms with Crippen molar-refractivity contribution < 1.29 is 0 Å². The smallest absolute Gasteiger partial charge is 0.00490 e. The molecule has 2 unspecified atom stereocenters. The maximum atomic E-state index is 5.61. The molecule has 0 aromatic carbocycles. The number of nitrogens with two attached hydrogens (primary N) is 1. The molecule has 0 aliphatic carbocycles. The summed E-state index contributed by atoms with van der Waals surface area (Å²) >= 11 is 0. The fraction of sp³-hybridized carbons (Fsp3) is 0.833. The van der Waals surface area contributed by atoms with E-state index in [2.05, 4.69) is 20.4 Å². The second kappa shape index (κ2) is 8.31. The predicted octanol–water partition coefficient (Wildman–Crippen LogP) is 3.35. The van der Waals surface area contributed by atoms with E-state index in [1.54, 1.807) is 0 Å². The molecule has 0 saturated carbocycles. The Morgan fingerprint density at radius 3 is 2.38 bits per heavy atom. The molecule has 0 rings (SSSR count). The van der Waals surface area contributed by atoms with E-state index in [1.807, 2.05) is 6.08 Å². The molecule has 0 bridgehead atoms. The van der Waals surface area contributed by atoms with Crippen LogP contribution in [0.5, 0.6) is 0 Å². The molecular weight excluding hydrogens is 158 g/mol. The van der Waals surface area contributed by atoms with Crippen LogP contribution < -0.4 is 5.73 Å². The Kier molecular flexibility index (Phi) is 8.11. The van der Waals surface area contributed by atoms with Crippen LogP contribution in [0.15, 0.2) is 12.7 Å². The van der Waals surface area contributed by atoms with E-state index < -0.39 is 0 Å². The van der Waals surface area contributed by atoms with Gasteiger partial charge in [0.15, 0.2) is 0 Å². The molecule has 0 aliphatic heterocycles. The van der Waals surface area contributed by atoms with Gasteiger partial charge in [0.25, 0.3) is 0 Å². The largest absolute Gasteiger partial charge is 0.330 e. The third-order valence-electron chi connectivity index (χ3n) is 2.91. The van der Waals surface area contributed by atoms with Gasteiger partial charge in [-0.05, 0) is 31.2 Å². The van der Waals surface area contributed by atoms with Crippen LogP contribution in [-0.2, 0) is 0 Å². The van der Waals surface area contributed by atoms with E-state index in [-0.39, 0.29) is 0 Å². The van der Waals surface area contributed by atoms with Crippen LogP contribution in [0.2, 0.25) is 0 Å². The van der Waals surface area contributed by atoms with E-state index in [0.29, 0.717) is 5.92 Å². The van der Waals surface area contributed by atoms with Crippen LogP contribution in [-0.4, -0.2) is 6.54 Å². The summed E-state index contributed by atoms with van der Waals surface area (Å²) in [5.74, 6) is 1.47. The zero-order valence-electron chi connectivity index (χ0n) is 9.26. The Bertz CT molecular complexity index is 120. The van der Waals surface area contributed by atoms with Gasteiger partial charge in [-0.3, -0.25) is 0 Å². The highest BCUT2D eigenvalue weighted by Crippen LogP contribution is 2.17. The third-order valence-corrected chi connectivity index (χ3v) is 2.91. The fourth-order valence-corrected chi connectivity index (χ4v) is 1.45. The maximum absolute atomic E-state index is 5.61. The van der Waals surface area contributed by atoms with Gasteiger partial charge in [-0.1, -0.05) is 39.2 Å². The van der Waals surface area contributed by atoms with Gasteiger partial charge in [0, 0.05) is 0 Å². The van der Waals surface area contributed by atoms with E-state index in [4.69, 9.17) is 5.73 Å². The van der Waals surface area contributed by atoms with Gasteiger partial charge in [-0.2, -0.15) is 0 Å². The summed E-state index contributed by atoms with van der Waals surface area (Å²) in [6, 6.07) is 0. The Hall–Kier alpha value is -0.300. The number of allylic oxidation sites excluding steroid dienone is 1. The first-order valence-electron chi connectivity index (χ1n) is 5.53. The minimum Gasteiger partial charge on any atom is -0.330 e. The quantitative estimate of drug-likeness (QED) is 0.453. The van der Waals surface area contributed by atoms with Crippen molar-refractivity contribution in [2.24, 2.45) is 17.6 Å². The molecule has 1 nitrogen and oxygen atoms in total. The molecule has 0 amide bonds. The number of unbranched alkanes of at least 4 members (excludes halogenated alkanes) is 3. The van der Waals surface area contributed by atoms with Crippen LogP contribution in [0.4, 0.5) is 0 Å². The minimum absolute atomic E-state index is 0.680. The number of rotatable bonds is 8. The van der Waals surface area contributed by atoms with Crippen LogP contribution >= 0.6 is 0 Å². The third kappa shape index (κ3) is 6.83. The molecular formula is C12H25N. The second-order valence-electron chi connectivity index (χ2n) is 4.12. The van der Waals surface area contributed by atoms with Crippen molar-refractivity contribution in [3.8, 4) is 0 Å². The van der Waals surface area contributed by atoms with E-state index in [0.717, 1.165) is 12.5 Å². The second-order valence-corrected chi connectivity index (χ2v) is 4.12. The Morgan fingerprint density at radius 2 is 1.85 bits per heavy atom. The molecule has 0 aromatic heterocycles. The Morgan fingerprint density at radius 1 is 1.15 bits per heavy atom. The molecule has 13 heavy (non-hydrogen) atoms. The summed E-state index contributed by atoms with van der Waals surface area (Å²) in [7, 11) is 0. The van der Waals surface area contributed by atoms with Crippen LogP contribution in [0, 0.1) is 11.8 Å². The molecule has 78 valence electrons. The first kappa shape index (κ1) is 12.7. The fourth-order valence-electron chi connectivity index (χ4n) is 1.45. The summed E-state index contributed by atoms with van der Waals surface area (Å²) in [6.45, 7) is 9.10. The summed E-state index contributed by atoms with van der Waals surface area (Å²) in [6.07, 6.45) is 8.49. The summed E-state index contributed by atoms with van der Waals surface area (Å²) in [5.41, 5.74) is 5.61. The maximum Gasteiger partial charge on any atom is -0.00490 e. The molecule has 0 saturated heterocycles. The molecule has 0 fully saturated rings. The number of hydrogen-bond acceptors (Lipinski definition) is 1. The average Bonchev–Trinajstić information content (AvgIpc) is 2.16. The minimum atomic E-state index is 0.680. The van der Waals surface area contributed by atoms with Crippen molar-refractivity contribution in [1.82, 2.24) is 0 Å².